The zero-order valence-corrected chi connectivity index (χ0v) is 26.1. The maximum atomic E-state index is 13.2. The van der Waals surface area contributed by atoms with Crippen molar-refractivity contribution in [3.05, 3.63) is 75.8 Å². The minimum atomic E-state index is -0.664. The zero-order chi connectivity index (χ0) is 31.1. The fourth-order valence-electron chi connectivity index (χ4n) is 8.06. The van der Waals surface area contributed by atoms with E-state index in [0.29, 0.717) is 31.2 Å². The van der Waals surface area contributed by atoms with Gasteiger partial charge in [0.2, 0.25) is 5.91 Å². The van der Waals surface area contributed by atoms with E-state index in [1.165, 1.54) is 24.1 Å². The molecule has 0 unspecified atom stereocenters. The van der Waals surface area contributed by atoms with Gasteiger partial charge in [-0.15, -0.1) is 0 Å². The molecule has 0 radical (unpaired) electrons. The van der Waals surface area contributed by atoms with Gasteiger partial charge in [-0.1, -0.05) is 61.7 Å². The molecule has 0 aromatic heterocycles. The number of hydrogen-bond acceptors (Lipinski definition) is 6. The summed E-state index contributed by atoms with van der Waals surface area (Å²) in [7, 11) is 0. The monoisotopic (exact) mass is 604 g/mol. The Morgan fingerprint density at radius 2 is 1.66 bits per heavy atom. The molecule has 3 atom stereocenters. The number of carboxylic acids is 1. The number of aryl methyl sites for hydroxylation is 1. The normalized spacial score (nSPS) is 22.9. The second-order valence-electron chi connectivity index (χ2n) is 13.0. The lowest BCUT2D eigenvalue weighted by Gasteiger charge is -2.39. The van der Waals surface area contributed by atoms with Gasteiger partial charge in [0.25, 0.3) is 5.69 Å². The molecule has 2 aliphatic heterocycles. The Hall–Kier alpha value is -3.30. The Morgan fingerprint density at radius 3 is 2.27 bits per heavy atom. The first-order chi connectivity index (χ1) is 21.3. The van der Waals surface area contributed by atoms with Crippen LogP contribution >= 0.6 is 0 Å². The average molecular weight is 605 g/mol. The molecule has 3 aliphatic rings. The molecule has 2 saturated heterocycles. The maximum Gasteiger partial charge on any atom is 0.321 e. The van der Waals surface area contributed by atoms with Crippen LogP contribution in [0.2, 0.25) is 0 Å². The molecule has 9 nitrogen and oxygen atoms in total. The van der Waals surface area contributed by atoms with Crippen LogP contribution in [-0.4, -0.2) is 88.0 Å². The van der Waals surface area contributed by atoms with E-state index in [1.54, 1.807) is 12.1 Å². The van der Waals surface area contributed by atoms with Crippen molar-refractivity contribution in [1.82, 2.24) is 14.7 Å². The van der Waals surface area contributed by atoms with Crippen molar-refractivity contribution in [2.75, 3.05) is 39.3 Å². The molecule has 1 amide bonds. The van der Waals surface area contributed by atoms with Crippen LogP contribution in [0, 0.1) is 22.0 Å². The lowest BCUT2D eigenvalue weighted by atomic mass is 9.83. The predicted octanol–water partition coefficient (Wildman–Crippen LogP) is 5.59. The quantitative estimate of drug-likeness (QED) is 0.249. The van der Waals surface area contributed by atoms with Crippen LogP contribution in [-0.2, 0) is 16.0 Å². The maximum absolute atomic E-state index is 13.2. The number of aliphatic carboxylic acids is 1. The lowest BCUT2D eigenvalue weighted by Crippen LogP contribution is -2.49. The molecular formula is C35H48N4O5. The number of nitro benzene ring substituents is 1. The molecule has 0 bridgehead atoms. The first kappa shape index (κ1) is 32.1. The standard InChI is InChI=1S/C35H48N4O5/c1-2-38(33(40)18-15-26-13-16-31(17-14-26)39(43)44)30-19-21-36(22-20-30)23-29-24-37(25-32(29)27-9-5-3-6-10-27)34(35(41)42)28-11-7-4-8-12-28/h3,5-6,9-10,13-14,16-17,28-30,32,34H,2,4,7-8,11-12,15,18-25H2,1H3,(H,41,42)/t29-,32+,34+/m0/s1. The minimum Gasteiger partial charge on any atom is -0.480 e. The van der Waals surface area contributed by atoms with E-state index in [-0.39, 0.29) is 23.6 Å². The van der Waals surface area contributed by atoms with Gasteiger partial charge in [-0.2, -0.15) is 0 Å². The zero-order valence-electron chi connectivity index (χ0n) is 26.1. The number of benzene rings is 2. The molecule has 2 aromatic carbocycles. The highest BCUT2D eigenvalue weighted by Crippen LogP contribution is 2.38. The Labute approximate surface area is 261 Å². The van der Waals surface area contributed by atoms with Gasteiger partial charge in [0.15, 0.2) is 0 Å². The summed E-state index contributed by atoms with van der Waals surface area (Å²) < 4.78 is 0. The number of amides is 1. The highest BCUT2D eigenvalue weighted by atomic mass is 16.6. The Kier molecular flexibility index (Phi) is 11.0. The molecule has 1 saturated carbocycles. The first-order valence-electron chi connectivity index (χ1n) is 16.6. The van der Waals surface area contributed by atoms with E-state index < -0.39 is 16.9 Å². The van der Waals surface area contributed by atoms with E-state index in [0.717, 1.165) is 76.8 Å². The number of nitrogens with zero attached hydrogens (tertiary/aromatic N) is 4. The number of likely N-dealkylation sites (tertiary alicyclic amines) is 2. The molecule has 238 valence electrons. The number of non-ortho nitro benzene ring substituents is 1. The van der Waals surface area contributed by atoms with Gasteiger partial charge in [0.05, 0.1) is 4.92 Å². The lowest BCUT2D eigenvalue weighted by molar-refractivity contribution is -0.384. The molecular weight excluding hydrogens is 556 g/mol. The molecule has 44 heavy (non-hydrogen) atoms. The largest absolute Gasteiger partial charge is 0.480 e. The van der Waals surface area contributed by atoms with Gasteiger partial charge in [-0.25, -0.2) is 0 Å². The van der Waals surface area contributed by atoms with E-state index in [1.807, 2.05) is 17.9 Å². The summed E-state index contributed by atoms with van der Waals surface area (Å²) in [6.45, 7) is 7.13. The summed E-state index contributed by atoms with van der Waals surface area (Å²) in [5, 5.41) is 21.3. The van der Waals surface area contributed by atoms with Crippen LogP contribution in [0.3, 0.4) is 0 Å². The molecule has 2 heterocycles. The molecule has 5 rings (SSSR count). The summed E-state index contributed by atoms with van der Waals surface area (Å²) in [6.07, 6.45) is 8.36. The third-order valence-electron chi connectivity index (χ3n) is 10.4. The number of nitro groups is 1. The second-order valence-corrected chi connectivity index (χ2v) is 13.0. The number of carbonyl (C=O) groups excluding carboxylic acids is 1. The number of carboxylic acid groups (broad SMARTS) is 1. The highest BCUT2D eigenvalue weighted by molar-refractivity contribution is 5.77. The number of carbonyl (C=O) groups is 2. The van der Waals surface area contributed by atoms with E-state index in [2.05, 4.69) is 34.1 Å². The van der Waals surface area contributed by atoms with Crippen LogP contribution in [0.1, 0.15) is 75.3 Å². The van der Waals surface area contributed by atoms with Crippen LogP contribution in [0.15, 0.2) is 54.6 Å². The van der Waals surface area contributed by atoms with Crippen molar-refractivity contribution in [2.45, 2.75) is 82.7 Å². The minimum absolute atomic E-state index is 0.0633. The smallest absolute Gasteiger partial charge is 0.321 e. The molecule has 9 heteroatoms. The predicted molar refractivity (Wildman–Crippen MR) is 171 cm³/mol. The molecule has 2 aromatic rings. The molecule has 0 spiro atoms. The van der Waals surface area contributed by atoms with E-state index >= 15 is 0 Å². The third kappa shape index (κ3) is 7.85. The Morgan fingerprint density at radius 1 is 0.977 bits per heavy atom. The molecule has 1 N–H and O–H groups in total. The summed E-state index contributed by atoms with van der Waals surface area (Å²) in [4.78, 5) is 43.1. The number of rotatable bonds is 12. The van der Waals surface area contributed by atoms with Crippen LogP contribution in [0.4, 0.5) is 5.69 Å². The fraction of sp³-hybridized carbons (Fsp3) is 0.600. The van der Waals surface area contributed by atoms with Crippen LogP contribution in [0.25, 0.3) is 0 Å². The average Bonchev–Trinajstić information content (AvgIpc) is 3.45. The fourth-order valence-corrected chi connectivity index (χ4v) is 8.06. The van der Waals surface area contributed by atoms with Crippen molar-refractivity contribution in [3.63, 3.8) is 0 Å². The van der Waals surface area contributed by atoms with Crippen molar-refractivity contribution in [1.29, 1.82) is 0 Å². The van der Waals surface area contributed by atoms with Gasteiger partial charge >= 0.3 is 5.97 Å². The van der Waals surface area contributed by atoms with Crippen molar-refractivity contribution in [2.24, 2.45) is 11.8 Å². The molecule has 1 aliphatic carbocycles. The van der Waals surface area contributed by atoms with E-state index in [9.17, 15) is 24.8 Å². The third-order valence-corrected chi connectivity index (χ3v) is 10.4. The summed E-state index contributed by atoms with van der Waals surface area (Å²) in [5.41, 5.74) is 2.30. The number of hydrogen-bond donors (Lipinski definition) is 1. The Bertz CT molecular complexity index is 1240. The van der Waals surface area contributed by atoms with Gasteiger partial charge in [-0.05, 0) is 62.0 Å². The van der Waals surface area contributed by atoms with Gasteiger partial charge in [-0.3, -0.25) is 24.6 Å². The van der Waals surface area contributed by atoms with Gasteiger partial charge in [0, 0.05) is 69.8 Å². The van der Waals surface area contributed by atoms with Crippen molar-refractivity contribution in [3.8, 4) is 0 Å². The van der Waals surface area contributed by atoms with Gasteiger partial charge in [0.1, 0.15) is 6.04 Å². The molecule has 3 fully saturated rings. The SMILES string of the molecule is CCN(C(=O)CCc1ccc([N+](=O)[O-])cc1)C1CCN(C[C@H]2CN([C@@H](C(=O)O)C3CCCCC3)C[C@@H]2c2ccccc2)CC1. The highest BCUT2D eigenvalue weighted by Gasteiger charge is 2.43. The second kappa shape index (κ2) is 15.1. The van der Waals surface area contributed by atoms with Crippen LogP contribution < -0.4 is 0 Å². The summed E-state index contributed by atoms with van der Waals surface area (Å²) >= 11 is 0. The van der Waals surface area contributed by atoms with Crippen molar-refractivity contribution >= 4 is 17.6 Å². The van der Waals surface area contributed by atoms with Crippen molar-refractivity contribution < 1.29 is 19.6 Å². The summed E-state index contributed by atoms with van der Waals surface area (Å²) in [5.74, 6) is 0.396. The topological polar surface area (TPSA) is 107 Å². The van der Waals surface area contributed by atoms with Gasteiger partial charge < -0.3 is 14.9 Å². The first-order valence-corrected chi connectivity index (χ1v) is 16.6. The van der Waals surface area contributed by atoms with Crippen LogP contribution in [0.5, 0.6) is 0 Å². The summed E-state index contributed by atoms with van der Waals surface area (Å²) in [6, 6.07) is 16.9. The number of piperidine rings is 1. The van der Waals surface area contributed by atoms with E-state index in [4.69, 9.17) is 0 Å². The Balaban J connectivity index is 1.18.